The first-order valence-corrected chi connectivity index (χ1v) is 3.97. The van der Waals surface area contributed by atoms with E-state index < -0.39 is 8.10 Å². The number of hydrogen-bond acceptors (Lipinski definition) is 1. The van der Waals surface area contributed by atoms with Gasteiger partial charge >= 0.3 is 0 Å². The predicted molar refractivity (Wildman–Crippen MR) is 34.1 cm³/mol. The van der Waals surface area contributed by atoms with Crippen molar-refractivity contribution >= 4 is 8.10 Å². The van der Waals surface area contributed by atoms with Crippen LogP contribution in [-0.2, 0) is 4.57 Å². The average Bonchev–Trinajstić information content (AvgIpc) is 1.94. The lowest BCUT2D eigenvalue weighted by Gasteiger charge is -1.96. The van der Waals surface area contributed by atoms with Crippen molar-refractivity contribution in [2.75, 3.05) is 13.1 Å². The van der Waals surface area contributed by atoms with Gasteiger partial charge in [0.15, 0.2) is 8.10 Å². The molecule has 2 N–H and O–H groups in total. The molecule has 1 heterocycles. The molecular weight excluding hydrogens is 123 g/mol. The summed E-state index contributed by atoms with van der Waals surface area (Å²) in [6.07, 6.45) is 3.92. The molecule has 4 heteroatoms. The second-order valence-electron chi connectivity index (χ2n) is 1.56. The molecular formula is C4H9N2OP. The fraction of sp³-hybridized carbons (Fsp3) is 0.500. The Balaban J connectivity index is 2.39. The molecule has 0 amide bonds. The van der Waals surface area contributed by atoms with Gasteiger partial charge in [-0.3, -0.25) is 14.7 Å². The normalized spacial score (nSPS) is 23.0. The van der Waals surface area contributed by atoms with Crippen molar-refractivity contribution in [3.63, 3.8) is 0 Å². The summed E-state index contributed by atoms with van der Waals surface area (Å²) < 4.78 is 10.6. The molecule has 0 saturated carbocycles. The highest BCUT2D eigenvalue weighted by Gasteiger charge is 1.94. The van der Waals surface area contributed by atoms with E-state index in [0.717, 1.165) is 13.1 Å². The SMILES string of the molecule is O=[PH]1NCC=CCN1. The summed E-state index contributed by atoms with van der Waals surface area (Å²) in [5, 5.41) is 5.59. The number of hydrogen-bond donors (Lipinski definition) is 2. The Hall–Kier alpha value is -0.110. The van der Waals surface area contributed by atoms with Crippen molar-refractivity contribution in [3.8, 4) is 0 Å². The highest BCUT2D eigenvalue weighted by molar-refractivity contribution is 7.40. The van der Waals surface area contributed by atoms with E-state index in [-0.39, 0.29) is 0 Å². The molecule has 1 aliphatic heterocycles. The molecule has 0 unspecified atom stereocenters. The number of rotatable bonds is 0. The first-order chi connectivity index (χ1) is 3.89. The summed E-state index contributed by atoms with van der Waals surface area (Å²) in [6, 6.07) is 0. The lowest BCUT2D eigenvalue weighted by molar-refractivity contribution is 0.575. The van der Waals surface area contributed by atoms with E-state index >= 15 is 0 Å². The van der Waals surface area contributed by atoms with Crippen LogP contribution in [0.3, 0.4) is 0 Å². The fourth-order valence-corrected chi connectivity index (χ4v) is 1.26. The predicted octanol–water partition coefficient (Wildman–Crippen LogP) is 0.125. The number of nitrogens with one attached hydrogen (secondary N) is 2. The Morgan fingerprint density at radius 2 is 1.75 bits per heavy atom. The largest absolute Gasteiger partial charge is 0.293 e. The van der Waals surface area contributed by atoms with Gasteiger partial charge < -0.3 is 0 Å². The maximum absolute atomic E-state index is 10.6. The molecule has 0 bridgehead atoms. The van der Waals surface area contributed by atoms with Gasteiger partial charge in [-0.15, -0.1) is 0 Å². The van der Waals surface area contributed by atoms with Crippen LogP contribution in [0.2, 0.25) is 0 Å². The molecule has 0 saturated heterocycles. The van der Waals surface area contributed by atoms with E-state index in [9.17, 15) is 4.57 Å². The van der Waals surface area contributed by atoms with Gasteiger partial charge in [0, 0.05) is 13.1 Å². The molecule has 0 aromatic carbocycles. The second-order valence-corrected chi connectivity index (χ2v) is 2.93. The summed E-state index contributed by atoms with van der Waals surface area (Å²) in [5.74, 6) is 0. The van der Waals surface area contributed by atoms with E-state index in [4.69, 9.17) is 0 Å². The van der Waals surface area contributed by atoms with Gasteiger partial charge in [0.25, 0.3) is 0 Å². The zero-order valence-corrected chi connectivity index (χ0v) is 5.48. The third-order valence-electron chi connectivity index (χ3n) is 0.928. The molecule has 1 rings (SSSR count). The molecule has 0 aliphatic carbocycles. The van der Waals surface area contributed by atoms with Crippen LogP contribution < -0.4 is 10.2 Å². The van der Waals surface area contributed by atoms with Crippen molar-refractivity contribution in [1.82, 2.24) is 10.2 Å². The van der Waals surface area contributed by atoms with Crippen LogP contribution in [0.15, 0.2) is 12.2 Å². The van der Waals surface area contributed by atoms with Gasteiger partial charge in [0.2, 0.25) is 0 Å². The minimum Gasteiger partial charge on any atom is -0.293 e. The van der Waals surface area contributed by atoms with Crippen molar-refractivity contribution < 1.29 is 4.57 Å². The minimum absolute atomic E-state index is 0.727. The Bertz CT molecular complexity index is 111. The third kappa shape index (κ3) is 1.78. The molecule has 0 fully saturated rings. The fourth-order valence-electron chi connectivity index (χ4n) is 0.532. The van der Waals surface area contributed by atoms with Crippen LogP contribution in [0.25, 0.3) is 0 Å². The second kappa shape index (κ2) is 3.02. The average molecular weight is 132 g/mol. The summed E-state index contributed by atoms with van der Waals surface area (Å²) in [4.78, 5) is 0. The maximum atomic E-state index is 10.6. The van der Waals surface area contributed by atoms with Gasteiger partial charge in [-0.1, -0.05) is 12.2 Å². The van der Waals surface area contributed by atoms with Gasteiger partial charge in [-0.25, -0.2) is 0 Å². The monoisotopic (exact) mass is 132 g/mol. The summed E-state index contributed by atoms with van der Waals surface area (Å²) in [5.41, 5.74) is 0. The van der Waals surface area contributed by atoms with E-state index in [1.54, 1.807) is 0 Å². The summed E-state index contributed by atoms with van der Waals surface area (Å²) >= 11 is 0. The van der Waals surface area contributed by atoms with Crippen LogP contribution >= 0.6 is 8.10 Å². The standard InChI is InChI=1S/C4H9N2OP/c7-8-5-3-1-2-4-6-8/h1-2,8H,3-4H2,(H2,5,6,7). The summed E-state index contributed by atoms with van der Waals surface area (Å²) in [7, 11) is -1.64. The van der Waals surface area contributed by atoms with Crippen LogP contribution in [0.4, 0.5) is 0 Å². The van der Waals surface area contributed by atoms with Crippen molar-refractivity contribution in [2.45, 2.75) is 0 Å². The van der Waals surface area contributed by atoms with E-state index in [1.165, 1.54) is 0 Å². The van der Waals surface area contributed by atoms with Crippen LogP contribution in [0.1, 0.15) is 0 Å². The van der Waals surface area contributed by atoms with E-state index in [0.29, 0.717) is 0 Å². The Labute approximate surface area is 49.1 Å². The quantitative estimate of drug-likeness (QED) is 0.363. The Morgan fingerprint density at radius 1 is 1.25 bits per heavy atom. The van der Waals surface area contributed by atoms with Crippen LogP contribution in [-0.4, -0.2) is 13.1 Å². The van der Waals surface area contributed by atoms with Crippen LogP contribution in [0.5, 0.6) is 0 Å². The molecule has 0 radical (unpaired) electrons. The highest BCUT2D eigenvalue weighted by Crippen LogP contribution is 2.06. The zero-order valence-electron chi connectivity index (χ0n) is 4.48. The van der Waals surface area contributed by atoms with E-state index in [2.05, 4.69) is 10.2 Å². The first-order valence-electron chi connectivity index (χ1n) is 2.56. The van der Waals surface area contributed by atoms with Gasteiger partial charge in [0.05, 0.1) is 0 Å². The van der Waals surface area contributed by atoms with Crippen molar-refractivity contribution in [1.29, 1.82) is 0 Å². The Kier molecular flexibility index (Phi) is 2.27. The maximum Gasteiger partial charge on any atom is 0.200 e. The summed E-state index contributed by atoms with van der Waals surface area (Å²) in [6.45, 7) is 1.45. The lowest BCUT2D eigenvalue weighted by atomic mass is 10.5. The molecule has 0 atom stereocenters. The molecule has 0 aromatic heterocycles. The minimum atomic E-state index is -1.64. The van der Waals surface area contributed by atoms with Gasteiger partial charge in [-0.05, 0) is 0 Å². The molecule has 3 nitrogen and oxygen atoms in total. The molecule has 0 aromatic rings. The first kappa shape index (κ1) is 6.02. The highest BCUT2D eigenvalue weighted by atomic mass is 31.1. The van der Waals surface area contributed by atoms with Crippen molar-refractivity contribution in [2.24, 2.45) is 0 Å². The smallest absolute Gasteiger partial charge is 0.200 e. The van der Waals surface area contributed by atoms with E-state index in [1.807, 2.05) is 12.2 Å². The lowest BCUT2D eigenvalue weighted by Crippen LogP contribution is -2.09. The molecule has 1 aliphatic rings. The van der Waals surface area contributed by atoms with Gasteiger partial charge in [0.1, 0.15) is 0 Å². The Morgan fingerprint density at radius 3 is 2.25 bits per heavy atom. The third-order valence-corrected chi connectivity index (χ3v) is 1.98. The van der Waals surface area contributed by atoms with Gasteiger partial charge in [-0.2, -0.15) is 0 Å². The van der Waals surface area contributed by atoms with Crippen LogP contribution in [0, 0.1) is 0 Å². The topological polar surface area (TPSA) is 41.1 Å². The van der Waals surface area contributed by atoms with Crippen molar-refractivity contribution in [3.05, 3.63) is 12.2 Å². The molecule has 0 spiro atoms. The molecule has 46 valence electrons. The zero-order chi connectivity index (χ0) is 5.82. The molecule has 8 heavy (non-hydrogen) atoms.